The van der Waals surface area contributed by atoms with Crippen molar-refractivity contribution in [2.45, 2.75) is 78.1 Å². The number of likely N-dealkylation sites (N-methyl/N-ethyl adjacent to an activating group) is 1. The van der Waals surface area contributed by atoms with Crippen molar-refractivity contribution in [3.05, 3.63) is 12.2 Å². The second kappa shape index (κ2) is 18.5. The van der Waals surface area contributed by atoms with Gasteiger partial charge in [-0.15, -0.1) is 0 Å². The summed E-state index contributed by atoms with van der Waals surface area (Å²) in [6, 6.07) is 0. The third kappa shape index (κ3) is 16.0. The molecule has 0 spiro atoms. The van der Waals surface area contributed by atoms with E-state index in [0.29, 0.717) is 13.0 Å². The zero-order chi connectivity index (χ0) is 17.9. The topological polar surface area (TPSA) is 52.6 Å². The summed E-state index contributed by atoms with van der Waals surface area (Å²) in [6.07, 6.45) is 15.2. The van der Waals surface area contributed by atoms with E-state index in [1.165, 1.54) is 32.1 Å². The summed E-state index contributed by atoms with van der Waals surface area (Å²) in [5.74, 6) is 0.126. The number of nitrogens with zero attached hydrogens (tertiary/aromatic N) is 1. The van der Waals surface area contributed by atoms with Gasteiger partial charge in [0.15, 0.2) is 0 Å². The quantitative estimate of drug-likeness (QED) is 0.312. The number of nitrogens with one attached hydrogen (secondary N) is 1. The van der Waals surface area contributed by atoms with Crippen molar-refractivity contribution in [2.75, 3.05) is 32.8 Å². The van der Waals surface area contributed by atoms with E-state index in [4.69, 9.17) is 5.11 Å². The highest BCUT2D eigenvalue weighted by Crippen LogP contribution is 2.07. The van der Waals surface area contributed by atoms with Crippen LogP contribution in [0.15, 0.2) is 12.2 Å². The zero-order valence-corrected chi connectivity index (χ0v) is 16.1. The minimum Gasteiger partial charge on any atom is -0.396 e. The van der Waals surface area contributed by atoms with E-state index in [2.05, 4.69) is 30.1 Å². The molecular weight excluding hydrogens is 300 g/mol. The Morgan fingerprint density at radius 1 is 0.958 bits per heavy atom. The summed E-state index contributed by atoms with van der Waals surface area (Å²) in [7, 11) is 0. The molecule has 0 aromatic carbocycles. The third-order valence-electron chi connectivity index (χ3n) is 4.26. The van der Waals surface area contributed by atoms with Crippen molar-refractivity contribution < 1.29 is 9.90 Å². The summed E-state index contributed by atoms with van der Waals surface area (Å²) >= 11 is 0. The van der Waals surface area contributed by atoms with Crippen LogP contribution in [0.5, 0.6) is 0 Å². The fraction of sp³-hybridized carbons (Fsp3) is 0.850. The Bertz CT molecular complexity index is 306. The number of amides is 1. The highest BCUT2D eigenvalue weighted by Gasteiger charge is 2.03. The van der Waals surface area contributed by atoms with Crippen LogP contribution in [0.25, 0.3) is 0 Å². The van der Waals surface area contributed by atoms with Crippen molar-refractivity contribution in [1.82, 2.24) is 10.2 Å². The van der Waals surface area contributed by atoms with E-state index >= 15 is 0 Å². The molecule has 0 fully saturated rings. The molecule has 0 aliphatic heterocycles. The van der Waals surface area contributed by atoms with Gasteiger partial charge in [-0.2, -0.15) is 0 Å². The summed E-state index contributed by atoms with van der Waals surface area (Å²) in [5, 5.41) is 11.7. The van der Waals surface area contributed by atoms with Crippen LogP contribution in [0.2, 0.25) is 0 Å². The average Bonchev–Trinajstić information content (AvgIpc) is 2.59. The SMILES string of the molecule is CCC/C=C/CC(=O)NCCN(CC)CCCCCCCCCO. The number of aliphatic hydroxyl groups excluding tert-OH is 1. The van der Waals surface area contributed by atoms with Crippen molar-refractivity contribution in [2.24, 2.45) is 0 Å². The fourth-order valence-corrected chi connectivity index (χ4v) is 2.66. The highest BCUT2D eigenvalue weighted by molar-refractivity contribution is 5.77. The fourth-order valence-electron chi connectivity index (χ4n) is 2.66. The van der Waals surface area contributed by atoms with E-state index < -0.39 is 0 Å². The predicted molar refractivity (Wildman–Crippen MR) is 103 cm³/mol. The van der Waals surface area contributed by atoms with Gasteiger partial charge in [-0.1, -0.05) is 64.5 Å². The molecule has 0 atom stereocenters. The predicted octanol–water partition coefficient (Wildman–Crippen LogP) is 3.89. The molecule has 142 valence electrons. The molecule has 4 heteroatoms. The van der Waals surface area contributed by atoms with E-state index in [1.807, 2.05) is 6.08 Å². The van der Waals surface area contributed by atoms with Gasteiger partial charge in [0.1, 0.15) is 0 Å². The summed E-state index contributed by atoms with van der Waals surface area (Å²) in [5.41, 5.74) is 0. The van der Waals surface area contributed by atoms with Gasteiger partial charge in [0.05, 0.1) is 0 Å². The second-order valence-corrected chi connectivity index (χ2v) is 6.45. The second-order valence-electron chi connectivity index (χ2n) is 6.45. The molecule has 0 aliphatic rings. The van der Waals surface area contributed by atoms with E-state index in [-0.39, 0.29) is 5.91 Å². The third-order valence-corrected chi connectivity index (χ3v) is 4.26. The molecule has 24 heavy (non-hydrogen) atoms. The lowest BCUT2D eigenvalue weighted by molar-refractivity contribution is -0.120. The zero-order valence-electron chi connectivity index (χ0n) is 16.1. The molecule has 0 saturated heterocycles. The van der Waals surface area contributed by atoms with E-state index in [9.17, 15) is 4.79 Å². The molecule has 2 N–H and O–H groups in total. The van der Waals surface area contributed by atoms with Crippen LogP contribution in [0.3, 0.4) is 0 Å². The Morgan fingerprint density at radius 2 is 1.62 bits per heavy atom. The van der Waals surface area contributed by atoms with Gasteiger partial charge in [-0.25, -0.2) is 0 Å². The minimum absolute atomic E-state index is 0.126. The number of hydrogen-bond acceptors (Lipinski definition) is 3. The van der Waals surface area contributed by atoms with Crippen LogP contribution in [0.1, 0.15) is 78.1 Å². The molecular formula is C20H40N2O2. The molecule has 0 aromatic heterocycles. The van der Waals surface area contributed by atoms with Crippen molar-refractivity contribution >= 4 is 5.91 Å². The molecule has 0 bridgehead atoms. The number of carbonyl (C=O) groups excluding carboxylic acids is 1. The molecule has 0 saturated carbocycles. The lowest BCUT2D eigenvalue weighted by Gasteiger charge is -2.20. The maximum Gasteiger partial charge on any atom is 0.223 e. The largest absolute Gasteiger partial charge is 0.396 e. The monoisotopic (exact) mass is 340 g/mol. The molecule has 0 rings (SSSR count). The van der Waals surface area contributed by atoms with Gasteiger partial charge >= 0.3 is 0 Å². The van der Waals surface area contributed by atoms with Crippen molar-refractivity contribution in [3.8, 4) is 0 Å². The lowest BCUT2D eigenvalue weighted by atomic mass is 10.1. The molecule has 0 heterocycles. The number of hydrogen-bond donors (Lipinski definition) is 2. The molecule has 4 nitrogen and oxygen atoms in total. The summed E-state index contributed by atoms with van der Waals surface area (Å²) < 4.78 is 0. The van der Waals surface area contributed by atoms with Crippen LogP contribution in [-0.2, 0) is 4.79 Å². The van der Waals surface area contributed by atoms with Crippen molar-refractivity contribution in [1.29, 1.82) is 0 Å². The van der Waals surface area contributed by atoms with Crippen LogP contribution < -0.4 is 5.32 Å². The normalized spacial score (nSPS) is 11.5. The first-order chi connectivity index (χ1) is 11.7. The maximum atomic E-state index is 11.7. The van der Waals surface area contributed by atoms with Crippen LogP contribution in [0.4, 0.5) is 0 Å². The number of unbranched alkanes of at least 4 members (excludes halogenated alkanes) is 7. The Kier molecular flexibility index (Phi) is 17.8. The summed E-state index contributed by atoms with van der Waals surface area (Å²) in [4.78, 5) is 14.1. The number of allylic oxidation sites excluding steroid dienone is 1. The highest BCUT2D eigenvalue weighted by atomic mass is 16.2. The standard InChI is InChI=1S/C20H40N2O2/c1-3-5-6-12-15-20(24)21-16-18-22(4-2)17-13-10-8-7-9-11-14-19-23/h6,12,23H,3-5,7-11,13-19H2,1-2H3,(H,21,24)/b12-6+. The van der Waals surface area contributed by atoms with Crippen LogP contribution >= 0.6 is 0 Å². The first-order valence-electron chi connectivity index (χ1n) is 9.99. The van der Waals surface area contributed by atoms with Gasteiger partial charge in [0, 0.05) is 26.1 Å². The molecule has 0 radical (unpaired) electrons. The number of aliphatic hydroxyl groups is 1. The van der Waals surface area contributed by atoms with Crippen molar-refractivity contribution in [3.63, 3.8) is 0 Å². The number of carbonyl (C=O) groups is 1. The Labute approximate surface area is 149 Å². The van der Waals surface area contributed by atoms with Gasteiger partial charge in [0.25, 0.3) is 0 Å². The molecule has 0 unspecified atom stereocenters. The first-order valence-corrected chi connectivity index (χ1v) is 9.99. The Morgan fingerprint density at radius 3 is 2.25 bits per heavy atom. The summed E-state index contributed by atoms with van der Waals surface area (Å²) in [6.45, 7) is 8.51. The molecule has 0 aliphatic carbocycles. The van der Waals surface area contributed by atoms with Gasteiger partial charge < -0.3 is 15.3 Å². The van der Waals surface area contributed by atoms with E-state index in [1.54, 1.807) is 0 Å². The van der Waals surface area contributed by atoms with Crippen LogP contribution in [-0.4, -0.2) is 48.7 Å². The molecule has 1 amide bonds. The van der Waals surface area contributed by atoms with Crippen LogP contribution in [0, 0.1) is 0 Å². The molecule has 0 aromatic rings. The Balaban J connectivity index is 3.53. The van der Waals surface area contributed by atoms with Gasteiger partial charge in [-0.05, 0) is 32.4 Å². The Hall–Kier alpha value is -0.870. The number of rotatable bonds is 17. The lowest BCUT2D eigenvalue weighted by Crippen LogP contribution is -2.35. The smallest absolute Gasteiger partial charge is 0.223 e. The minimum atomic E-state index is 0.126. The average molecular weight is 341 g/mol. The maximum absolute atomic E-state index is 11.7. The first kappa shape index (κ1) is 23.1. The van der Waals surface area contributed by atoms with E-state index in [0.717, 1.165) is 51.9 Å². The van der Waals surface area contributed by atoms with Gasteiger partial charge in [0.2, 0.25) is 5.91 Å². The van der Waals surface area contributed by atoms with Gasteiger partial charge in [-0.3, -0.25) is 4.79 Å².